The van der Waals surface area contributed by atoms with Crippen molar-refractivity contribution in [3.8, 4) is 0 Å². The molecule has 3 N–H and O–H groups in total. The Labute approximate surface area is 116 Å². The van der Waals surface area contributed by atoms with Gasteiger partial charge >= 0.3 is 5.97 Å². The van der Waals surface area contributed by atoms with E-state index >= 15 is 0 Å². The Hall–Kier alpha value is -2.44. The zero-order valence-electron chi connectivity index (χ0n) is 11.4. The van der Waals surface area contributed by atoms with Crippen LogP contribution in [0.25, 0.3) is 0 Å². The quantitative estimate of drug-likeness (QED) is 0.780. The van der Waals surface area contributed by atoms with Crippen molar-refractivity contribution in [1.29, 1.82) is 0 Å². The Morgan fingerprint density at radius 3 is 2.40 bits per heavy atom. The molecule has 1 rings (SSSR count). The van der Waals surface area contributed by atoms with Gasteiger partial charge in [-0.15, -0.1) is 0 Å². The van der Waals surface area contributed by atoms with Crippen molar-refractivity contribution in [2.75, 3.05) is 13.1 Å². The maximum Gasteiger partial charge on any atom is 0.354 e. The summed E-state index contributed by atoms with van der Waals surface area (Å²) in [5, 5.41) is 8.74. The Bertz CT molecular complexity index is 511. The number of hydrogen-bond donors (Lipinski definition) is 2. The Balaban J connectivity index is 2.93. The molecule has 0 aliphatic carbocycles. The van der Waals surface area contributed by atoms with Gasteiger partial charge in [-0.25, -0.2) is 9.78 Å². The Morgan fingerprint density at radius 1 is 1.35 bits per heavy atom. The number of aromatic nitrogens is 1. The highest BCUT2D eigenvalue weighted by atomic mass is 16.4. The van der Waals surface area contributed by atoms with Crippen molar-refractivity contribution < 1.29 is 19.5 Å². The van der Waals surface area contributed by atoms with E-state index in [1.807, 2.05) is 13.8 Å². The van der Waals surface area contributed by atoms with Crippen LogP contribution in [0, 0.1) is 5.92 Å². The van der Waals surface area contributed by atoms with Crippen LogP contribution in [0.15, 0.2) is 18.3 Å². The smallest absolute Gasteiger partial charge is 0.354 e. The van der Waals surface area contributed by atoms with Gasteiger partial charge in [0, 0.05) is 12.7 Å². The number of nitrogens with two attached hydrogens (primary N) is 1. The fourth-order valence-electron chi connectivity index (χ4n) is 1.68. The molecule has 1 aromatic rings. The molecule has 0 atom stereocenters. The van der Waals surface area contributed by atoms with Gasteiger partial charge in [0.1, 0.15) is 5.69 Å². The second-order valence-corrected chi connectivity index (χ2v) is 4.78. The van der Waals surface area contributed by atoms with Crippen molar-refractivity contribution in [1.82, 2.24) is 9.88 Å². The molecule has 7 nitrogen and oxygen atoms in total. The number of aromatic carboxylic acids is 1. The van der Waals surface area contributed by atoms with Crippen LogP contribution in [0.4, 0.5) is 0 Å². The number of carboxylic acids is 1. The number of rotatable bonds is 6. The lowest BCUT2D eigenvalue weighted by atomic mass is 10.1. The van der Waals surface area contributed by atoms with Crippen LogP contribution in [-0.4, -0.2) is 45.9 Å². The molecule has 0 saturated carbocycles. The Morgan fingerprint density at radius 2 is 2.00 bits per heavy atom. The van der Waals surface area contributed by atoms with Gasteiger partial charge in [-0.05, 0) is 18.1 Å². The number of hydrogen-bond acceptors (Lipinski definition) is 4. The van der Waals surface area contributed by atoms with E-state index in [1.165, 1.54) is 23.2 Å². The monoisotopic (exact) mass is 279 g/mol. The third-order valence-electron chi connectivity index (χ3n) is 2.45. The first-order chi connectivity index (χ1) is 9.31. The summed E-state index contributed by atoms with van der Waals surface area (Å²) in [6, 6.07) is 2.61. The van der Waals surface area contributed by atoms with E-state index < -0.39 is 17.8 Å². The second-order valence-electron chi connectivity index (χ2n) is 4.78. The average Bonchev–Trinajstić information content (AvgIpc) is 2.36. The number of carboxylic acid groups (broad SMARTS) is 1. The maximum atomic E-state index is 12.2. The molecule has 0 saturated heterocycles. The SMILES string of the molecule is CC(C)CN(CC(N)=O)C(=O)c1ccc(C(=O)O)nc1. The van der Waals surface area contributed by atoms with Gasteiger partial charge in [0.2, 0.25) is 5.91 Å². The van der Waals surface area contributed by atoms with Crippen LogP contribution < -0.4 is 5.73 Å². The molecule has 0 aliphatic rings. The van der Waals surface area contributed by atoms with E-state index in [4.69, 9.17) is 10.8 Å². The van der Waals surface area contributed by atoms with E-state index in [9.17, 15) is 14.4 Å². The van der Waals surface area contributed by atoms with E-state index in [0.717, 1.165) is 0 Å². The van der Waals surface area contributed by atoms with Crippen molar-refractivity contribution in [2.45, 2.75) is 13.8 Å². The number of nitrogens with zero attached hydrogens (tertiary/aromatic N) is 2. The van der Waals surface area contributed by atoms with E-state index in [1.54, 1.807) is 0 Å². The normalized spacial score (nSPS) is 10.3. The summed E-state index contributed by atoms with van der Waals surface area (Å²) in [5.74, 6) is -2.00. The summed E-state index contributed by atoms with van der Waals surface area (Å²) in [7, 11) is 0. The first-order valence-corrected chi connectivity index (χ1v) is 6.08. The summed E-state index contributed by atoms with van der Waals surface area (Å²) in [6.07, 6.45) is 1.18. The van der Waals surface area contributed by atoms with Gasteiger partial charge in [0.25, 0.3) is 5.91 Å². The molecule has 0 unspecified atom stereocenters. The topological polar surface area (TPSA) is 114 Å². The standard InChI is InChI=1S/C13H17N3O4/c1-8(2)6-16(7-11(14)17)12(18)9-3-4-10(13(19)20)15-5-9/h3-5,8H,6-7H2,1-2H3,(H2,14,17)(H,19,20). The molecule has 0 aliphatic heterocycles. The van der Waals surface area contributed by atoms with Crippen molar-refractivity contribution in [3.63, 3.8) is 0 Å². The average molecular weight is 279 g/mol. The molecule has 0 radical (unpaired) electrons. The number of carbonyl (C=O) groups excluding carboxylic acids is 2. The van der Waals surface area contributed by atoms with Crippen LogP contribution in [0.3, 0.4) is 0 Å². The van der Waals surface area contributed by atoms with Crippen LogP contribution in [-0.2, 0) is 4.79 Å². The van der Waals surface area contributed by atoms with Crippen molar-refractivity contribution in [3.05, 3.63) is 29.6 Å². The number of primary amides is 1. The summed E-state index contributed by atoms with van der Waals surface area (Å²) in [6.45, 7) is 4.01. The molecular formula is C13H17N3O4. The highest BCUT2D eigenvalue weighted by Crippen LogP contribution is 2.08. The molecule has 20 heavy (non-hydrogen) atoms. The minimum Gasteiger partial charge on any atom is -0.477 e. The van der Waals surface area contributed by atoms with E-state index in [0.29, 0.717) is 6.54 Å². The third-order valence-corrected chi connectivity index (χ3v) is 2.45. The number of pyridine rings is 1. The molecule has 0 spiro atoms. The fourth-order valence-corrected chi connectivity index (χ4v) is 1.68. The van der Waals surface area contributed by atoms with Crippen molar-refractivity contribution in [2.24, 2.45) is 11.7 Å². The van der Waals surface area contributed by atoms with Gasteiger partial charge in [0.05, 0.1) is 12.1 Å². The van der Waals surface area contributed by atoms with Gasteiger partial charge < -0.3 is 15.7 Å². The predicted octanol–water partition coefficient (Wildman–Crippen LogP) is 0.363. The third kappa shape index (κ3) is 4.34. The van der Waals surface area contributed by atoms with Gasteiger partial charge in [-0.1, -0.05) is 13.8 Å². The molecule has 0 aromatic carbocycles. The predicted molar refractivity (Wildman–Crippen MR) is 71.1 cm³/mol. The molecule has 1 heterocycles. The molecule has 1 aromatic heterocycles. The van der Waals surface area contributed by atoms with Crippen LogP contribution in [0.2, 0.25) is 0 Å². The zero-order chi connectivity index (χ0) is 15.3. The van der Waals surface area contributed by atoms with E-state index in [-0.39, 0.29) is 23.7 Å². The number of amides is 2. The molecule has 2 amide bonds. The van der Waals surface area contributed by atoms with Crippen LogP contribution in [0.1, 0.15) is 34.7 Å². The first-order valence-electron chi connectivity index (χ1n) is 6.08. The van der Waals surface area contributed by atoms with Gasteiger partial charge in [-0.3, -0.25) is 9.59 Å². The molecule has 0 fully saturated rings. The highest BCUT2D eigenvalue weighted by Gasteiger charge is 2.19. The summed E-state index contributed by atoms with van der Waals surface area (Å²) in [4.78, 5) is 38.9. The summed E-state index contributed by atoms with van der Waals surface area (Å²) >= 11 is 0. The lowest BCUT2D eigenvalue weighted by Crippen LogP contribution is -2.40. The van der Waals surface area contributed by atoms with Crippen LogP contribution in [0.5, 0.6) is 0 Å². The van der Waals surface area contributed by atoms with Crippen molar-refractivity contribution >= 4 is 17.8 Å². The van der Waals surface area contributed by atoms with Crippen LogP contribution >= 0.6 is 0 Å². The summed E-state index contributed by atoms with van der Waals surface area (Å²) < 4.78 is 0. The minimum absolute atomic E-state index is 0.146. The zero-order valence-corrected chi connectivity index (χ0v) is 11.4. The van der Waals surface area contributed by atoms with Gasteiger partial charge in [0.15, 0.2) is 0 Å². The largest absolute Gasteiger partial charge is 0.477 e. The maximum absolute atomic E-state index is 12.2. The molecule has 0 bridgehead atoms. The molecule has 108 valence electrons. The first kappa shape index (κ1) is 15.6. The second kappa shape index (κ2) is 6.65. The molecular weight excluding hydrogens is 262 g/mol. The summed E-state index contributed by atoms with van der Waals surface area (Å²) in [5.41, 5.74) is 5.20. The Kier molecular flexibility index (Phi) is 5.19. The van der Waals surface area contributed by atoms with Gasteiger partial charge in [-0.2, -0.15) is 0 Å². The lowest BCUT2D eigenvalue weighted by Gasteiger charge is -2.23. The lowest BCUT2D eigenvalue weighted by molar-refractivity contribution is -0.118. The minimum atomic E-state index is -1.17. The highest BCUT2D eigenvalue weighted by molar-refractivity contribution is 5.96. The molecule has 7 heteroatoms. The fraction of sp³-hybridized carbons (Fsp3) is 0.385. The number of carbonyl (C=O) groups is 3. The van der Waals surface area contributed by atoms with E-state index in [2.05, 4.69) is 4.98 Å².